The number of aromatic hydroxyl groups is 1. The largest absolute Gasteiger partial charge is 0.507 e. The Morgan fingerprint density at radius 2 is 1.85 bits per heavy atom. The minimum atomic E-state index is -0.332. The molecule has 3 aromatic rings. The molecule has 1 aliphatic heterocycles. The lowest BCUT2D eigenvalue weighted by Gasteiger charge is -2.27. The Morgan fingerprint density at radius 3 is 2.58 bits per heavy atom. The molecule has 0 bridgehead atoms. The van der Waals surface area contributed by atoms with Crippen molar-refractivity contribution in [1.29, 1.82) is 0 Å². The van der Waals surface area contributed by atoms with Crippen molar-refractivity contribution in [2.75, 3.05) is 13.1 Å². The van der Waals surface area contributed by atoms with Crippen LogP contribution in [0.4, 0.5) is 0 Å². The molecule has 0 unspecified atom stereocenters. The summed E-state index contributed by atoms with van der Waals surface area (Å²) in [6, 6.07) is 14.7. The maximum absolute atomic E-state index is 12.1. The van der Waals surface area contributed by atoms with E-state index in [-0.39, 0.29) is 11.4 Å². The fourth-order valence-corrected chi connectivity index (χ4v) is 3.87. The number of hydrogen-bond acceptors (Lipinski definition) is 3. The van der Waals surface area contributed by atoms with Crippen LogP contribution in [0.5, 0.6) is 5.75 Å². The molecule has 4 nitrogen and oxygen atoms in total. The summed E-state index contributed by atoms with van der Waals surface area (Å²) in [4.78, 5) is 13.6. The van der Waals surface area contributed by atoms with Gasteiger partial charge < -0.3 is 14.4 Å². The normalized spacial score (nSPS) is 20.3. The summed E-state index contributed by atoms with van der Waals surface area (Å²) in [6.45, 7) is 5.33. The molecule has 1 aromatic heterocycles. The van der Waals surface area contributed by atoms with Crippen LogP contribution in [-0.2, 0) is 6.54 Å². The van der Waals surface area contributed by atoms with Crippen LogP contribution in [0.15, 0.2) is 57.7 Å². The Bertz CT molecular complexity index is 970. The molecule has 4 rings (SSSR count). The predicted octanol–water partition coefficient (Wildman–Crippen LogP) is 2.98. The molecule has 0 radical (unpaired) electrons. The zero-order valence-electron chi connectivity index (χ0n) is 15.0. The second-order valence-electron chi connectivity index (χ2n) is 7.43. The number of phenolic OH excluding ortho intramolecular Hbond substituents is 1. The van der Waals surface area contributed by atoms with Crippen LogP contribution in [0.25, 0.3) is 22.1 Å². The van der Waals surface area contributed by atoms with Crippen LogP contribution in [0.3, 0.4) is 0 Å². The van der Waals surface area contributed by atoms with Gasteiger partial charge in [-0.2, -0.15) is 0 Å². The van der Waals surface area contributed by atoms with E-state index in [9.17, 15) is 9.90 Å². The fourth-order valence-electron chi connectivity index (χ4n) is 3.87. The SMILES string of the molecule is CC1CC[NH+](Cc2cc(=O)oc3cc(-c4ccccc4)c(O)cc23)CC1. The predicted molar refractivity (Wildman–Crippen MR) is 102 cm³/mol. The van der Waals surface area contributed by atoms with Gasteiger partial charge in [-0.3, -0.25) is 0 Å². The topological polar surface area (TPSA) is 54.9 Å². The van der Waals surface area contributed by atoms with Crippen LogP contribution >= 0.6 is 0 Å². The van der Waals surface area contributed by atoms with E-state index in [1.54, 1.807) is 18.2 Å². The fraction of sp³-hybridized carbons (Fsp3) is 0.318. The average molecular weight is 350 g/mol. The number of benzene rings is 2. The van der Waals surface area contributed by atoms with E-state index < -0.39 is 0 Å². The molecule has 2 heterocycles. The Labute approximate surface area is 152 Å². The van der Waals surface area contributed by atoms with Crippen molar-refractivity contribution in [3.63, 3.8) is 0 Å². The average Bonchev–Trinajstić information content (AvgIpc) is 2.64. The van der Waals surface area contributed by atoms with Crippen molar-refractivity contribution in [3.05, 3.63) is 64.5 Å². The van der Waals surface area contributed by atoms with E-state index in [1.165, 1.54) is 17.7 Å². The smallest absolute Gasteiger partial charge is 0.336 e. The Morgan fingerprint density at radius 1 is 1.12 bits per heavy atom. The third kappa shape index (κ3) is 3.37. The summed E-state index contributed by atoms with van der Waals surface area (Å²) < 4.78 is 5.45. The maximum atomic E-state index is 12.1. The Balaban J connectivity index is 1.75. The molecule has 0 aliphatic carbocycles. The minimum absolute atomic E-state index is 0.209. The van der Waals surface area contributed by atoms with Gasteiger partial charge in [-0.05, 0) is 36.5 Å². The molecule has 0 spiro atoms. The summed E-state index contributed by atoms with van der Waals surface area (Å²) in [5.41, 5.74) is 2.74. The highest BCUT2D eigenvalue weighted by Gasteiger charge is 2.21. The summed E-state index contributed by atoms with van der Waals surface area (Å²) in [7, 11) is 0. The van der Waals surface area contributed by atoms with Crippen molar-refractivity contribution in [3.8, 4) is 16.9 Å². The molecule has 4 heteroatoms. The minimum Gasteiger partial charge on any atom is -0.507 e. The van der Waals surface area contributed by atoms with Crippen LogP contribution in [0.1, 0.15) is 25.3 Å². The van der Waals surface area contributed by atoms with Gasteiger partial charge in [0.1, 0.15) is 17.9 Å². The molecule has 134 valence electrons. The summed E-state index contributed by atoms with van der Waals surface area (Å²) in [5.74, 6) is 0.995. The monoisotopic (exact) mass is 350 g/mol. The molecular weight excluding hydrogens is 326 g/mol. The number of likely N-dealkylation sites (tertiary alicyclic amines) is 1. The first-order chi connectivity index (χ1) is 12.6. The molecule has 1 saturated heterocycles. The molecular formula is C22H24NO3+. The highest BCUT2D eigenvalue weighted by Crippen LogP contribution is 2.33. The van der Waals surface area contributed by atoms with Gasteiger partial charge in [0.25, 0.3) is 0 Å². The highest BCUT2D eigenvalue weighted by molar-refractivity contribution is 5.88. The Hall–Kier alpha value is -2.59. The van der Waals surface area contributed by atoms with E-state index in [1.807, 2.05) is 30.3 Å². The molecule has 2 N–H and O–H groups in total. The molecule has 1 aliphatic rings. The third-order valence-corrected chi connectivity index (χ3v) is 5.45. The quantitative estimate of drug-likeness (QED) is 0.714. The Kier molecular flexibility index (Phi) is 4.51. The van der Waals surface area contributed by atoms with Gasteiger partial charge in [-0.25, -0.2) is 4.79 Å². The van der Waals surface area contributed by atoms with E-state index in [4.69, 9.17) is 4.42 Å². The number of phenols is 1. The zero-order chi connectivity index (χ0) is 18.1. The van der Waals surface area contributed by atoms with E-state index in [0.29, 0.717) is 11.1 Å². The number of piperidine rings is 1. The maximum Gasteiger partial charge on any atom is 0.336 e. The highest BCUT2D eigenvalue weighted by atomic mass is 16.4. The van der Waals surface area contributed by atoms with Crippen molar-refractivity contribution < 1.29 is 14.4 Å². The molecule has 0 saturated carbocycles. The van der Waals surface area contributed by atoms with Crippen LogP contribution in [-0.4, -0.2) is 18.2 Å². The van der Waals surface area contributed by atoms with Gasteiger partial charge in [-0.1, -0.05) is 37.3 Å². The summed E-state index contributed by atoms with van der Waals surface area (Å²) >= 11 is 0. The molecule has 0 atom stereocenters. The molecule has 26 heavy (non-hydrogen) atoms. The van der Waals surface area contributed by atoms with Gasteiger partial charge in [0.15, 0.2) is 0 Å². The number of hydrogen-bond donors (Lipinski definition) is 2. The van der Waals surface area contributed by atoms with Gasteiger partial charge in [0.2, 0.25) is 0 Å². The van der Waals surface area contributed by atoms with Crippen LogP contribution < -0.4 is 10.5 Å². The van der Waals surface area contributed by atoms with Crippen LogP contribution in [0, 0.1) is 5.92 Å². The van der Waals surface area contributed by atoms with Gasteiger partial charge in [0, 0.05) is 22.6 Å². The van der Waals surface area contributed by atoms with E-state index in [0.717, 1.165) is 42.1 Å². The second-order valence-corrected chi connectivity index (χ2v) is 7.43. The van der Waals surface area contributed by atoms with E-state index >= 15 is 0 Å². The molecule has 2 aromatic carbocycles. The standard InChI is InChI=1S/C22H23NO3/c1-15-7-9-23(10-8-15)14-17-11-22(25)26-21-13-18(20(24)12-19(17)21)16-5-3-2-4-6-16/h2-6,11-13,15,24H,7-10,14H2,1H3/p+1. The van der Waals surface area contributed by atoms with Crippen molar-refractivity contribution in [2.24, 2.45) is 5.92 Å². The van der Waals surface area contributed by atoms with Gasteiger partial charge in [0.05, 0.1) is 13.1 Å². The number of quaternary nitrogens is 1. The third-order valence-electron chi connectivity index (χ3n) is 5.45. The van der Waals surface area contributed by atoms with Crippen molar-refractivity contribution in [2.45, 2.75) is 26.3 Å². The second kappa shape index (κ2) is 6.96. The molecule has 0 amide bonds. The lowest BCUT2D eigenvalue weighted by molar-refractivity contribution is -0.919. The van der Waals surface area contributed by atoms with E-state index in [2.05, 4.69) is 6.92 Å². The van der Waals surface area contributed by atoms with Crippen molar-refractivity contribution in [1.82, 2.24) is 0 Å². The van der Waals surface area contributed by atoms with Crippen molar-refractivity contribution >= 4 is 11.0 Å². The first kappa shape index (κ1) is 16.9. The van der Waals surface area contributed by atoms with Gasteiger partial charge in [-0.15, -0.1) is 0 Å². The molecule has 1 fully saturated rings. The van der Waals surface area contributed by atoms with Gasteiger partial charge >= 0.3 is 5.63 Å². The lowest BCUT2D eigenvalue weighted by atomic mass is 9.98. The number of nitrogens with one attached hydrogen (secondary N) is 1. The number of fused-ring (bicyclic) bond motifs is 1. The summed E-state index contributed by atoms with van der Waals surface area (Å²) in [5, 5.41) is 11.4. The lowest BCUT2D eigenvalue weighted by Crippen LogP contribution is -3.11. The summed E-state index contributed by atoms with van der Waals surface area (Å²) in [6.07, 6.45) is 2.44. The zero-order valence-corrected chi connectivity index (χ0v) is 15.0. The first-order valence-electron chi connectivity index (χ1n) is 9.29. The number of rotatable bonds is 3. The first-order valence-corrected chi connectivity index (χ1v) is 9.29. The van der Waals surface area contributed by atoms with Crippen LogP contribution in [0.2, 0.25) is 0 Å².